The van der Waals surface area contributed by atoms with Crippen molar-refractivity contribution in [2.45, 2.75) is 16.3 Å². The molecule has 0 spiro atoms. The van der Waals surface area contributed by atoms with Gasteiger partial charge in [-0.05, 0) is 77.9 Å². The number of nitrogens with one attached hydrogen (secondary N) is 3. The molecule has 0 saturated heterocycles. The Kier molecular flexibility index (Phi) is 11.1. The zero-order valence-corrected chi connectivity index (χ0v) is 26.7. The van der Waals surface area contributed by atoms with Crippen LogP contribution in [-0.2, 0) is 15.8 Å². The average Bonchev–Trinajstić information content (AvgIpc) is 3.11. The predicted molar refractivity (Wildman–Crippen MR) is 185 cm³/mol. The molecule has 9 nitrogen and oxygen atoms in total. The molecular weight excluding hydrogens is 669 g/mol. The second-order valence-corrected chi connectivity index (χ2v) is 11.8. The van der Waals surface area contributed by atoms with E-state index in [2.05, 4.69) is 16.0 Å². The van der Waals surface area contributed by atoms with Crippen molar-refractivity contribution in [3.8, 4) is 0 Å². The highest BCUT2D eigenvalue weighted by molar-refractivity contribution is 8.00. The highest BCUT2D eigenvalue weighted by Gasteiger charge is 2.34. The first-order valence-electron chi connectivity index (χ1n) is 14.9. The van der Waals surface area contributed by atoms with E-state index in [9.17, 15) is 37.7 Å². The first-order valence-corrected chi connectivity index (χ1v) is 15.8. The number of para-hydroxylation sites is 1. The predicted octanol–water partition coefficient (Wildman–Crippen LogP) is 8.50. The fourth-order valence-electron chi connectivity index (χ4n) is 4.69. The number of carbonyl (C=O) groups excluding carboxylic acids is 3. The van der Waals surface area contributed by atoms with Crippen molar-refractivity contribution in [3.63, 3.8) is 0 Å². The van der Waals surface area contributed by atoms with Crippen LogP contribution >= 0.6 is 11.8 Å². The van der Waals surface area contributed by atoms with Crippen molar-refractivity contribution < 1.29 is 32.5 Å². The van der Waals surface area contributed by atoms with E-state index in [1.54, 1.807) is 84.9 Å². The molecule has 0 aromatic heterocycles. The molecule has 0 bridgehead atoms. The topological polar surface area (TPSA) is 130 Å². The Morgan fingerprint density at radius 2 is 1.34 bits per heavy atom. The number of thioether (sulfide) groups is 1. The minimum Gasteiger partial charge on any atom is -0.324 e. The van der Waals surface area contributed by atoms with Gasteiger partial charge in [0.25, 0.3) is 17.5 Å². The Morgan fingerprint density at radius 3 is 1.96 bits per heavy atom. The Labute approximate surface area is 288 Å². The van der Waals surface area contributed by atoms with Crippen LogP contribution in [0.1, 0.15) is 32.3 Å². The van der Waals surface area contributed by atoms with Gasteiger partial charge >= 0.3 is 6.18 Å². The van der Waals surface area contributed by atoms with Gasteiger partial charge in [0, 0.05) is 28.3 Å². The van der Waals surface area contributed by atoms with E-state index >= 15 is 0 Å². The lowest BCUT2D eigenvalue weighted by Crippen LogP contribution is -2.30. The SMILES string of the molecule is O=C(Nc1ccc(SC(C(=O)Nc2ccccc2C(F)(F)F)c2ccccc2)cc1)/C(=C/c1ccc([N+](=O)[O-])cc1)NC(=O)c1ccccc1. The number of nitrogens with zero attached hydrogens (tertiary/aromatic N) is 1. The van der Waals surface area contributed by atoms with Gasteiger partial charge in [0.2, 0.25) is 5.91 Å². The van der Waals surface area contributed by atoms with E-state index < -0.39 is 39.6 Å². The van der Waals surface area contributed by atoms with Gasteiger partial charge in [0.15, 0.2) is 0 Å². The largest absolute Gasteiger partial charge is 0.418 e. The van der Waals surface area contributed by atoms with Gasteiger partial charge in [-0.15, -0.1) is 11.8 Å². The number of carbonyl (C=O) groups is 3. The maximum atomic E-state index is 13.6. The Hall–Kier alpha value is -6.21. The molecule has 0 aliphatic heterocycles. The van der Waals surface area contributed by atoms with Gasteiger partial charge in [0.05, 0.1) is 16.2 Å². The van der Waals surface area contributed by atoms with Crippen LogP contribution in [0.3, 0.4) is 0 Å². The maximum absolute atomic E-state index is 13.6. The summed E-state index contributed by atoms with van der Waals surface area (Å²) < 4.78 is 40.8. The van der Waals surface area contributed by atoms with Crippen LogP contribution in [-0.4, -0.2) is 22.6 Å². The number of hydrogen-bond acceptors (Lipinski definition) is 6. The molecule has 13 heteroatoms. The second kappa shape index (κ2) is 15.8. The van der Waals surface area contributed by atoms with Crippen LogP contribution < -0.4 is 16.0 Å². The number of benzene rings is 5. The third-order valence-corrected chi connectivity index (χ3v) is 8.41. The van der Waals surface area contributed by atoms with E-state index in [-0.39, 0.29) is 17.1 Å². The zero-order chi connectivity index (χ0) is 35.7. The first-order chi connectivity index (χ1) is 24.0. The molecule has 0 aliphatic rings. The van der Waals surface area contributed by atoms with Crippen LogP contribution in [0.5, 0.6) is 0 Å². The number of hydrogen-bond donors (Lipinski definition) is 3. The monoisotopic (exact) mass is 696 g/mol. The highest BCUT2D eigenvalue weighted by Crippen LogP contribution is 2.39. The summed E-state index contributed by atoms with van der Waals surface area (Å²) in [5.74, 6) is -1.90. The molecule has 0 saturated carbocycles. The Bertz CT molecular complexity index is 2020. The fourth-order valence-corrected chi connectivity index (χ4v) is 5.72. The van der Waals surface area contributed by atoms with Gasteiger partial charge < -0.3 is 16.0 Å². The molecule has 5 rings (SSSR count). The summed E-state index contributed by atoms with van der Waals surface area (Å²) in [5.41, 5.74) is 0.0197. The van der Waals surface area contributed by atoms with Crippen molar-refractivity contribution in [3.05, 3.63) is 172 Å². The summed E-state index contributed by atoms with van der Waals surface area (Å²) in [6, 6.07) is 33.4. The normalized spacial score (nSPS) is 12.0. The van der Waals surface area contributed by atoms with E-state index in [0.29, 0.717) is 27.3 Å². The number of nitro benzene ring substituents is 1. The van der Waals surface area contributed by atoms with Crippen molar-refractivity contribution in [2.75, 3.05) is 10.6 Å². The maximum Gasteiger partial charge on any atom is 0.418 e. The van der Waals surface area contributed by atoms with Crippen molar-refractivity contribution in [1.82, 2.24) is 5.32 Å². The standard InChI is InChI=1S/C37H27F3N4O5S/c38-37(39,40)30-13-7-8-14-31(30)42-36(47)33(25-9-3-1-4-10-25)50-29-21-17-27(18-22-29)41-35(46)32(43-34(45)26-11-5-2-6-12-26)23-24-15-19-28(20-16-24)44(48)49/h1-23,33H,(H,41,46)(H,42,47)(H,43,45)/b32-23-. The minimum absolute atomic E-state index is 0.133. The summed E-state index contributed by atoms with van der Waals surface area (Å²) in [5, 5.41) is 17.9. The number of anilines is 2. The number of rotatable bonds is 11. The lowest BCUT2D eigenvalue weighted by molar-refractivity contribution is -0.384. The smallest absolute Gasteiger partial charge is 0.324 e. The van der Waals surface area contributed by atoms with E-state index in [0.717, 1.165) is 17.8 Å². The van der Waals surface area contributed by atoms with Crippen LogP contribution in [0.2, 0.25) is 0 Å². The van der Waals surface area contributed by atoms with Crippen LogP contribution in [0.15, 0.2) is 144 Å². The van der Waals surface area contributed by atoms with Crippen molar-refractivity contribution in [1.29, 1.82) is 0 Å². The van der Waals surface area contributed by atoms with Gasteiger partial charge in [-0.1, -0.05) is 60.7 Å². The summed E-state index contributed by atoms with van der Waals surface area (Å²) in [7, 11) is 0. The lowest BCUT2D eigenvalue weighted by Gasteiger charge is -2.19. The molecule has 0 fully saturated rings. The number of non-ortho nitro benzene ring substituents is 1. The molecule has 50 heavy (non-hydrogen) atoms. The van der Waals surface area contributed by atoms with Gasteiger partial charge in [0.1, 0.15) is 10.9 Å². The summed E-state index contributed by atoms with van der Waals surface area (Å²) in [4.78, 5) is 50.9. The molecular formula is C37H27F3N4O5S. The lowest BCUT2D eigenvalue weighted by atomic mass is 10.1. The third-order valence-electron chi connectivity index (χ3n) is 7.14. The molecule has 3 N–H and O–H groups in total. The fraction of sp³-hybridized carbons (Fsp3) is 0.0541. The van der Waals surface area contributed by atoms with E-state index in [1.807, 2.05) is 0 Å². The summed E-state index contributed by atoms with van der Waals surface area (Å²) in [6.45, 7) is 0. The van der Waals surface area contributed by atoms with Crippen LogP contribution in [0.4, 0.5) is 30.2 Å². The average molecular weight is 697 g/mol. The Morgan fingerprint density at radius 1 is 0.740 bits per heavy atom. The highest BCUT2D eigenvalue weighted by atomic mass is 32.2. The number of nitro groups is 1. The molecule has 0 heterocycles. The zero-order valence-electron chi connectivity index (χ0n) is 25.9. The second-order valence-electron chi connectivity index (χ2n) is 10.6. The van der Waals surface area contributed by atoms with Crippen molar-refractivity contribution >= 4 is 52.6 Å². The van der Waals surface area contributed by atoms with Crippen LogP contribution in [0.25, 0.3) is 6.08 Å². The summed E-state index contributed by atoms with van der Waals surface area (Å²) in [6.07, 6.45) is -3.29. The molecule has 252 valence electrons. The van der Waals surface area contributed by atoms with Gasteiger partial charge in [-0.25, -0.2) is 0 Å². The first kappa shape index (κ1) is 35.1. The molecule has 5 aromatic carbocycles. The molecule has 5 aromatic rings. The summed E-state index contributed by atoms with van der Waals surface area (Å²) >= 11 is 1.11. The Balaban J connectivity index is 1.35. The van der Waals surface area contributed by atoms with E-state index in [4.69, 9.17) is 0 Å². The van der Waals surface area contributed by atoms with E-state index in [1.165, 1.54) is 48.5 Å². The van der Waals surface area contributed by atoms with Gasteiger partial charge in [-0.2, -0.15) is 13.2 Å². The number of amides is 3. The quantitative estimate of drug-likeness (QED) is 0.0550. The van der Waals surface area contributed by atoms with Gasteiger partial charge in [-0.3, -0.25) is 24.5 Å². The molecule has 1 atom stereocenters. The minimum atomic E-state index is -4.67. The van der Waals surface area contributed by atoms with Crippen molar-refractivity contribution in [2.24, 2.45) is 0 Å². The number of alkyl halides is 3. The molecule has 0 aliphatic carbocycles. The van der Waals surface area contributed by atoms with Crippen LogP contribution in [0, 0.1) is 10.1 Å². The number of halogens is 3. The molecule has 3 amide bonds. The molecule has 0 radical (unpaired) electrons. The molecule has 1 unspecified atom stereocenters. The third kappa shape index (κ3) is 9.23.